The second-order valence-electron chi connectivity index (χ2n) is 9.82. The molecule has 0 saturated carbocycles. The van der Waals surface area contributed by atoms with E-state index in [0.717, 1.165) is 0 Å². The van der Waals surface area contributed by atoms with Crippen LogP contribution in [0.3, 0.4) is 0 Å². The van der Waals surface area contributed by atoms with Crippen molar-refractivity contribution in [2.45, 2.75) is 73.2 Å². The molecule has 6 unspecified atom stereocenters. The topological polar surface area (TPSA) is 171 Å². The summed E-state index contributed by atoms with van der Waals surface area (Å²) in [6.07, 6.45) is -2.93. The molecular weight excluding hydrogens is 528 g/mol. The maximum Gasteiger partial charge on any atom is 0.146 e. The highest BCUT2D eigenvalue weighted by atomic mass is 16.7. The molecule has 0 spiro atoms. The molecule has 12 atom stereocenters. The number of aliphatic hydroxyl groups is 3. The Labute approximate surface area is 227 Å². The third kappa shape index (κ3) is 7.82. The first-order valence-electron chi connectivity index (χ1n) is 13.0. The van der Waals surface area contributed by atoms with Crippen molar-refractivity contribution in [2.75, 3.05) is 81.3 Å². The fourth-order valence-electron chi connectivity index (χ4n) is 5.23. The van der Waals surface area contributed by atoms with Crippen LogP contribution in [0.25, 0.3) is 0 Å². The molecule has 0 aliphatic carbocycles. The quantitative estimate of drug-likeness (QED) is 0.246. The van der Waals surface area contributed by atoms with Crippen LogP contribution in [0.15, 0.2) is 0 Å². The fraction of sp³-hybridized carbons (Fsp3) is 1.00. The Hall–Kier alpha value is -0.600. The predicted molar refractivity (Wildman–Crippen MR) is 127 cm³/mol. The highest BCUT2D eigenvalue weighted by Crippen LogP contribution is 2.31. The first kappa shape index (κ1) is 31.3. The van der Waals surface area contributed by atoms with Gasteiger partial charge in [-0.2, -0.15) is 0 Å². The molecular formula is C24H42O15. The average molecular weight is 571 g/mol. The molecule has 6 saturated heterocycles. The Morgan fingerprint density at radius 3 is 1.05 bits per heavy atom. The summed E-state index contributed by atoms with van der Waals surface area (Å²) < 4.78 is 62.8. The molecule has 0 radical (unpaired) electrons. The van der Waals surface area contributed by atoms with Crippen LogP contribution in [-0.2, 0) is 56.8 Å². The second kappa shape index (κ2) is 15.6. The molecule has 15 nitrogen and oxygen atoms in total. The third-order valence-corrected chi connectivity index (χ3v) is 7.15. The molecule has 0 bridgehead atoms. The first-order chi connectivity index (χ1) is 19.0. The number of hydrogen-bond acceptors (Lipinski definition) is 15. The van der Waals surface area contributed by atoms with Crippen molar-refractivity contribution < 1.29 is 72.2 Å². The number of methoxy groups -OCH3 is 3. The van der Waals surface area contributed by atoms with Gasteiger partial charge in [-0.15, -0.1) is 0 Å². The Kier molecular flexibility index (Phi) is 12.5. The van der Waals surface area contributed by atoms with Gasteiger partial charge in [0.05, 0.1) is 39.6 Å². The van der Waals surface area contributed by atoms with E-state index in [4.69, 9.17) is 67.1 Å². The number of aliphatic hydroxyl groups excluding tert-OH is 3. The van der Waals surface area contributed by atoms with E-state index in [0.29, 0.717) is 26.4 Å². The van der Waals surface area contributed by atoms with Gasteiger partial charge in [0.1, 0.15) is 93.6 Å². The summed E-state index contributed by atoms with van der Waals surface area (Å²) in [5, 5.41) is 27.7. The molecule has 6 aliphatic rings. The summed E-state index contributed by atoms with van der Waals surface area (Å²) in [6.45, 7) is 3.15. The van der Waals surface area contributed by atoms with Gasteiger partial charge in [0.2, 0.25) is 0 Å². The van der Waals surface area contributed by atoms with Crippen LogP contribution in [0.4, 0.5) is 0 Å². The lowest BCUT2D eigenvalue weighted by Crippen LogP contribution is -2.34. The van der Waals surface area contributed by atoms with E-state index in [-0.39, 0.29) is 88.5 Å². The van der Waals surface area contributed by atoms with Gasteiger partial charge in [0.25, 0.3) is 0 Å². The molecule has 0 aromatic rings. The maximum atomic E-state index is 9.41. The Morgan fingerprint density at radius 1 is 0.436 bits per heavy atom. The van der Waals surface area contributed by atoms with E-state index >= 15 is 0 Å². The van der Waals surface area contributed by atoms with E-state index in [1.165, 1.54) is 0 Å². The highest BCUT2D eigenvalue weighted by Gasteiger charge is 2.49. The monoisotopic (exact) mass is 570 g/mol. The third-order valence-electron chi connectivity index (χ3n) is 7.15. The molecule has 6 aliphatic heterocycles. The molecule has 0 amide bonds. The van der Waals surface area contributed by atoms with Crippen LogP contribution >= 0.6 is 0 Å². The number of hydrogen-bond donors (Lipinski definition) is 3. The van der Waals surface area contributed by atoms with E-state index in [1.807, 2.05) is 0 Å². The van der Waals surface area contributed by atoms with Gasteiger partial charge in [-0.05, 0) is 0 Å². The van der Waals surface area contributed by atoms with E-state index in [9.17, 15) is 5.11 Å². The van der Waals surface area contributed by atoms with Crippen LogP contribution in [0.2, 0.25) is 0 Å². The van der Waals surface area contributed by atoms with Crippen LogP contribution in [0.1, 0.15) is 0 Å². The minimum Gasteiger partial charge on any atom is -0.388 e. The lowest BCUT2D eigenvalue weighted by Gasteiger charge is -2.16. The largest absolute Gasteiger partial charge is 0.388 e. The minimum absolute atomic E-state index is 0.0583. The van der Waals surface area contributed by atoms with Gasteiger partial charge in [-0.3, -0.25) is 0 Å². The van der Waals surface area contributed by atoms with E-state index < -0.39 is 18.3 Å². The van der Waals surface area contributed by atoms with Gasteiger partial charge in [-0.25, -0.2) is 0 Å². The van der Waals surface area contributed by atoms with Crippen LogP contribution in [0, 0.1) is 0 Å². The Balaban J connectivity index is 0.000000139. The maximum absolute atomic E-state index is 9.41. The summed E-state index contributed by atoms with van der Waals surface area (Å²) in [5.74, 6) is 0. The summed E-state index contributed by atoms with van der Waals surface area (Å²) in [4.78, 5) is 0. The van der Waals surface area contributed by atoms with Crippen molar-refractivity contribution >= 4 is 0 Å². The van der Waals surface area contributed by atoms with Gasteiger partial charge < -0.3 is 72.2 Å². The smallest absolute Gasteiger partial charge is 0.146 e. The molecule has 6 rings (SSSR count). The van der Waals surface area contributed by atoms with Gasteiger partial charge >= 0.3 is 0 Å². The number of rotatable bonds is 9. The molecule has 0 aromatic heterocycles. The first-order valence-corrected chi connectivity index (χ1v) is 13.0. The lowest BCUT2D eigenvalue weighted by molar-refractivity contribution is -0.118. The molecule has 228 valence electrons. The zero-order valence-electron chi connectivity index (χ0n) is 22.5. The Morgan fingerprint density at radius 2 is 0.692 bits per heavy atom. The number of ether oxygens (including phenoxy) is 12. The molecule has 39 heavy (non-hydrogen) atoms. The Bertz CT molecular complexity index is 664. The van der Waals surface area contributed by atoms with Crippen molar-refractivity contribution in [1.29, 1.82) is 0 Å². The van der Waals surface area contributed by atoms with Crippen molar-refractivity contribution in [1.82, 2.24) is 0 Å². The predicted octanol–water partition coefficient (Wildman–Crippen LogP) is -2.60. The average Bonchev–Trinajstić information content (AvgIpc) is 3.77. The highest BCUT2D eigenvalue weighted by molar-refractivity contribution is 4.96. The van der Waals surface area contributed by atoms with E-state index in [1.54, 1.807) is 21.3 Å². The molecule has 3 N–H and O–H groups in total. The van der Waals surface area contributed by atoms with Crippen LogP contribution in [0.5, 0.6) is 0 Å². The summed E-state index contributed by atoms with van der Waals surface area (Å²) >= 11 is 0. The van der Waals surface area contributed by atoms with Crippen molar-refractivity contribution in [3.8, 4) is 0 Å². The molecule has 15 heteroatoms. The van der Waals surface area contributed by atoms with E-state index in [2.05, 4.69) is 0 Å². The fourth-order valence-corrected chi connectivity index (χ4v) is 5.23. The summed E-state index contributed by atoms with van der Waals surface area (Å²) in [7, 11) is 4.75. The SMILES string of the molecule is COCO[C@H]1COC2C1OC[C@@H]2O.COCO[C@H]1COC2C1OC[C@@H]2OCOC.O[C@H]1COC2C1OC[C@@H]2O. The normalized spacial score (nSPS) is 43.8. The summed E-state index contributed by atoms with van der Waals surface area (Å²) in [6, 6.07) is 0. The van der Waals surface area contributed by atoms with Gasteiger partial charge in [-0.1, -0.05) is 0 Å². The number of fused-ring (bicyclic) bond motifs is 3. The standard InChI is InChI=1S/C10H18O6.C8H14O5.C6H10O4/c1-11-5-15-7-3-13-10-8(16-6-12-2)4-14-9(7)10;1-10-4-13-6-3-12-7-5(9)2-11-8(6)7;7-3-1-9-6-4(8)2-10-5(3)6/h7-10H,3-6H2,1-2H3;5-9H,2-4H2,1H3;3-8H,1-2H2/t7-,8-,9?,10?;5-,6-,7?,8?;3-,4-,5?,6?/m000/s1. The van der Waals surface area contributed by atoms with Gasteiger partial charge in [0, 0.05) is 21.3 Å². The van der Waals surface area contributed by atoms with Crippen LogP contribution in [-0.4, -0.2) is 170 Å². The van der Waals surface area contributed by atoms with Crippen molar-refractivity contribution in [3.63, 3.8) is 0 Å². The van der Waals surface area contributed by atoms with Crippen molar-refractivity contribution in [3.05, 3.63) is 0 Å². The minimum atomic E-state index is -0.554. The zero-order valence-corrected chi connectivity index (χ0v) is 22.5. The van der Waals surface area contributed by atoms with Crippen LogP contribution < -0.4 is 0 Å². The zero-order chi connectivity index (χ0) is 27.8. The summed E-state index contributed by atoms with van der Waals surface area (Å²) in [5.41, 5.74) is 0. The second-order valence-corrected chi connectivity index (χ2v) is 9.82. The lowest BCUT2D eigenvalue weighted by atomic mass is 10.1. The molecule has 0 aromatic carbocycles. The van der Waals surface area contributed by atoms with Gasteiger partial charge in [0.15, 0.2) is 0 Å². The molecule has 6 heterocycles. The van der Waals surface area contributed by atoms with Crippen molar-refractivity contribution in [2.24, 2.45) is 0 Å². The molecule has 6 fully saturated rings.